The molecule has 2 unspecified atom stereocenters. The zero-order chi connectivity index (χ0) is 14.9. The minimum Gasteiger partial charge on any atom is -0.468 e. The first-order valence-corrected chi connectivity index (χ1v) is 6.93. The van der Waals surface area contributed by atoms with Crippen LogP contribution in [0.2, 0.25) is 0 Å². The van der Waals surface area contributed by atoms with Crippen LogP contribution in [0.4, 0.5) is 0 Å². The molecular weight excluding hydrogens is 244 g/mol. The summed E-state index contributed by atoms with van der Waals surface area (Å²) in [5.41, 5.74) is -0.627. The van der Waals surface area contributed by atoms with Crippen LogP contribution in [0.15, 0.2) is 0 Å². The maximum Gasteiger partial charge on any atom is 0.325 e. The van der Waals surface area contributed by atoms with Crippen molar-refractivity contribution in [1.82, 2.24) is 10.2 Å². The monoisotopic (exact) mass is 274 g/mol. The van der Waals surface area contributed by atoms with Gasteiger partial charge in [-0.1, -0.05) is 6.92 Å². The first kappa shape index (κ1) is 18.4. The number of hydrogen-bond acceptors (Lipinski definition) is 5. The highest BCUT2D eigenvalue weighted by Gasteiger charge is 2.35. The summed E-state index contributed by atoms with van der Waals surface area (Å²) in [6.07, 6.45) is 1.71. The van der Waals surface area contributed by atoms with Crippen molar-refractivity contribution in [3.05, 3.63) is 0 Å². The van der Waals surface area contributed by atoms with Gasteiger partial charge in [-0.05, 0) is 40.3 Å². The van der Waals surface area contributed by atoms with E-state index in [-0.39, 0.29) is 5.97 Å². The summed E-state index contributed by atoms with van der Waals surface area (Å²) >= 11 is 0. The molecule has 0 heterocycles. The van der Waals surface area contributed by atoms with Crippen LogP contribution in [0, 0.1) is 0 Å². The molecule has 0 aliphatic rings. The van der Waals surface area contributed by atoms with Gasteiger partial charge in [-0.2, -0.15) is 0 Å². The predicted octanol–water partition coefficient (Wildman–Crippen LogP) is 1.27. The van der Waals surface area contributed by atoms with Crippen molar-refractivity contribution in [2.24, 2.45) is 0 Å². The number of nitrogens with zero attached hydrogens (tertiary/aromatic N) is 1. The van der Waals surface area contributed by atoms with E-state index in [1.165, 1.54) is 7.11 Å². The van der Waals surface area contributed by atoms with Gasteiger partial charge in [0.25, 0.3) is 0 Å². The Hall–Kier alpha value is -0.650. The summed E-state index contributed by atoms with van der Waals surface area (Å²) in [6, 6.07) is 0.292. The Morgan fingerprint density at radius 3 is 2.53 bits per heavy atom. The fraction of sp³-hybridized carbons (Fsp3) is 0.929. The number of nitrogens with one attached hydrogen (secondary N) is 1. The number of hydrogen-bond donors (Lipinski definition) is 1. The highest BCUT2D eigenvalue weighted by Crippen LogP contribution is 2.17. The van der Waals surface area contributed by atoms with Crippen LogP contribution >= 0.6 is 0 Å². The molecule has 2 atom stereocenters. The third-order valence-corrected chi connectivity index (χ3v) is 3.52. The van der Waals surface area contributed by atoms with Crippen molar-refractivity contribution in [2.75, 3.05) is 41.0 Å². The van der Waals surface area contributed by atoms with Gasteiger partial charge in [0.15, 0.2) is 0 Å². The minimum atomic E-state index is -0.627. The molecule has 19 heavy (non-hydrogen) atoms. The Morgan fingerprint density at radius 2 is 2.05 bits per heavy atom. The van der Waals surface area contributed by atoms with Gasteiger partial charge in [0, 0.05) is 26.3 Å². The standard InChI is InChI=1S/C14H30N2O3/c1-7-15-14(3,13(17)19-6)11-12(2)16(4)9-8-10-18-5/h12,15H,7-11H2,1-6H3. The van der Waals surface area contributed by atoms with Gasteiger partial charge in [-0.25, -0.2) is 0 Å². The summed E-state index contributed by atoms with van der Waals surface area (Å²) in [5.74, 6) is -0.202. The number of methoxy groups -OCH3 is 2. The molecule has 0 saturated heterocycles. The van der Waals surface area contributed by atoms with E-state index in [2.05, 4.69) is 24.2 Å². The highest BCUT2D eigenvalue weighted by atomic mass is 16.5. The second kappa shape index (κ2) is 9.28. The van der Waals surface area contributed by atoms with Crippen molar-refractivity contribution in [3.63, 3.8) is 0 Å². The van der Waals surface area contributed by atoms with Gasteiger partial charge >= 0.3 is 5.97 Å². The molecular formula is C14H30N2O3. The van der Waals surface area contributed by atoms with Crippen molar-refractivity contribution < 1.29 is 14.3 Å². The summed E-state index contributed by atoms with van der Waals surface area (Å²) in [6.45, 7) is 8.49. The molecule has 1 N–H and O–H groups in total. The Bertz CT molecular complexity index is 261. The first-order chi connectivity index (χ1) is 8.91. The molecule has 0 aromatic carbocycles. The lowest BCUT2D eigenvalue weighted by Gasteiger charge is -2.34. The normalized spacial score (nSPS) is 16.2. The fourth-order valence-electron chi connectivity index (χ4n) is 2.27. The van der Waals surface area contributed by atoms with E-state index in [9.17, 15) is 4.79 Å². The van der Waals surface area contributed by atoms with Crippen LogP contribution < -0.4 is 5.32 Å². The van der Waals surface area contributed by atoms with Gasteiger partial charge in [-0.15, -0.1) is 0 Å². The SMILES string of the molecule is CCNC(C)(CC(C)N(C)CCCOC)C(=O)OC. The molecule has 0 bridgehead atoms. The van der Waals surface area contributed by atoms with Crippen molar-refractivity contribution >= 4 is 5.97 Å². The van der Waals surface area contributed by atoms with Crippen LogP contribution in [0.25, 0.3) is 0 Å². The van der Waals surface area contributed by atoms with E-state index in [1.807, 2.05) is 13.8 Å². The average Bonchev–Trinajstić information content (AvgIpc) is 2.37. The van der Waals surface area contributed by atoms with Crippen molar-refractivity contribution in [3.8, 4) is 0 Å². The largest absolute Gasteiger partial charge is 0.468 e. The van der Waals surface area contributed by atoms with Crippen molar-refractivity contribution in [1.29, 1.82) is 0 Å². The zero-order valence-electron chi connectivity index (χ0n) is 13.3. The number of ether oxygens (including phenoxy) is 2. The molecule has 0 aromatic heterocycles. The quantitative estimate of drug-likeness (QED) is 0.480. The molecule has 0 aromatic rings. The molecule has 0 amide bonds. The van der Waals surface area contributed by atoms with E-state index >= 15 is 0 Å². The molecule has 5 heteroatoms. The lowest BCUT2D eigenvalue weighted by molar-refractivity contribution is -0.148. The Morgan fingerprint density at radius 1 is 1.42 bits per heavy atom. The maximum atomic E-state index is 11.9. The third kappa shape index (κ3) is 6.36. The molecule has 0 spiro atoms. The smallest absolute Gasteiger partial charge is 0.325 e. The zero-order valence-corrected chi connectivity index (χ0v) is 13.3. The Kier molecular flexibility index (Phi) is 8.97. The first-order valence-electron chi connectivity index (χ1n) is 6.93. The predicted molar refractivity (Wildman–Crippen MR) is 77.3 cm³/mol. The van der Waals surface area contributed by atoms with Gasteiger partial charge in [0.1, 0.15) is 5.54 Å². The molecule has 114 valence electrons. The molecule has 0 radical (unpaired) electrons. The number of carbonyl (C=O) groups is 1. The van der Waals surface area contributed by atoms with E-state index in [0.717, 1.165) is 32.5 Å². The van der Waals surface area contributed by atoms with Crippen LogP contribution in [0.1, 0.15) is 33.6 Å². The Balaban J connectivity index is 4.45. The number of carbonyl (C=O) groups excluding carboxylic acids is 1. The Labute approximate surface area is 117 Å². The second-order valence-corrected chi connectivity index (χ2v) is 5.23. The highest BCUT2D eigenvalue weighted by molar-refractivity contribution is 5.80. The van der Waals surface area contributed by atoms with E-state index < -0.39 is 5.54 Å². The van der Waals surface area contributed by atoms with Crippen LogP contribution in [-0.4, -0.2) is 63.4 Å². The van der Waals surface area contributed by atoms with Crippen LogP contribution in [-0.2, 0) is 14.3 Å². The van der Waals surface area contributed by atoms with Crippen LogP contribution in [0.5, 0.6) is 0 Å². The summed E-state index contributed by atoms with van der Waals surface area (Å²) in [4.78, 5) is 14.2. The summed E-state index contributed by atoms with van der Waals surface area (Å²) < 4.78 is 9.96. The minimum absolute atomic E-state index is 0.202. The number of esters is 1. The topological polar surface area (TPSA) is 50.8 Å². The fourth-order valence-corrected chi connectivity index (χ4v) is 2.27. The lowest BCUT2D eigenvalue weighted by atomic mass is 9.93. The van der Waals surface area contributed by atoms with Gasteiger partial charge in [0.2, 0.25) is 0 Å². The molecule has 5 nitrogen and oxygen atoms in total. The molecule has 0 saturated carbocycles. The van der Waals surface area contributed by atoms with E-state index in [1.54, 1.807) is 7.11 Å². The summed E-state index contributed by atoms with van der Waals surface area (Å²) in [7, 11) is 5.22. The van der Waals surface area contributed by atoms with Gasteiger partial charge in [-0.3, -0.25) is 4.79 Å². The van der Waals surface area contributed by atoms with Gasteiger partial charge < -0.3 is 19.7 Å². The average molecular weight is 274 g/mol. The van der Waals surface area contributed by atoms with Crippen molar-refractivity contribution in [2.45, 2.75) is 45.2 Å². The molecule has 0 aliphatic carbocycles. The maximum absolute atomic E-state index is 11.9. The molecule has 0 aliphatic heterocycles. The number of likely N-dealkylation sites (N-methyl/N-ethyl adjacent to an activating group) is 1. The third-order valence-electron chi connectivity index (χ3n) is 3.52. The molecule has 0 fully saturated rings. The van der Waals surface area contributed by atoms with E-state index in [0.29, 0.717) is 6.04 Å². The van der Waals surface area contributed by atoms with E-state index in [4.69, 9.17) is 9.47 Å². The number of rotatable bonds is 10. The van der Waals surface area contributed by atoms with Crippen LogP contribution in [0.3, 0.4) is 0 Å². The molecule has 0 rings (SSSR count). The lowest BCUT2D eigenvalue weighted by Crippen LogP contribution is -2.53. The van der Waals surface area contributed by atoms with Gasteiger partial charge in [0.05, 0.1) is 7.11 Å². The second-order valence-electron chi connectivity index (χ2n) is 5.23. The summed E-state index contributed by atoms with van der Waals surface area (Å²) in [5, 5.41) is 3.24.